The van der Waals surface area contributed by atoms with E-state index in [0.717, 1.165) is 26.1 Å². The van der Waals surface area contributed by atoms with Crippen LogP contribution >= 0.6 is 12.4 Å². The second kappa shape index (κ2) is 5.02. The number of nitrogens with one attached hydrogen (secondary N) is 1. The number of rotatable bonds is 2. The van der Waals surface area contributed by atoms with Crippen molar-refractivity contribution >= 4 is 12.4 Å². The van der Waals surface area contributed by atoms with Gasteiger partial charge in [-0.1, -0.05) is 0 Å². The molecule has 2 saturated heterocycles. The molecule has 3 nitrogen and oxygen atoms in total. The van der Waals surface area contributed by atoms with Gasteiger partial charge in [-0.2, -0.15) is 0 Å². The summed E-state index contributed by atoms with van der Waals surface area (Å²) in [6.07, 6.45) is 4.04. The SMILES string of the molecule is C1CCC(OC2CNC2)OC1.Cl. The molecular weight excluding hydrogens is 178 g/mol. The molecule has 2 fully saturated rings. The Labute approximate surface area is 79.2 Å². The highest BCUT2D eigenvalue weighted by Crippen LogP contribution is 2.16. The molecule has 2 aliphatic heterocycles. The summed E-state index contributed by atoms with van der Waals surface area (Å²) < 4.78 is 11.1. The van der Waals surface area contributed by atoms with Crippen LogP contribution in [-0.4, -0.2) is 32.1 Å². The summed E-state index contributed by atoms with van der Waals surface area (Å²) in [6, 6.07) is 0. The second-order valence-corrected chi connectivity index (χ2v) is 3.21. The average molecular weight is 194 g/mol. The topological polar surface area (TPSA) is 30.5 Å². The van der Waals surface area contributed by atoms with E-state index < -0.39 is 0 Å². The summed E-state index contributed by atoms with van der Waals surface area (Å²) in [5.41, 5.74) is 0. The van der Waals surface area contributed by atoms with Gasteiger partial charge < -0.3 is 14.8 Å². The van der Waals surface area contributed by atoms with E-state index in [1.165, 1.54) is 12.8 Å². The van der Waals surface area contributed by atoms with Gasteiger partial charge in [-0.05, 0) is 19.3 Å². The number of ether oxygens (including phenoxy) is 2. The summed E-state index contributed by atoms with van der Waals surface area (Å²) in [5.74, 6) is 0. The summed E-state index contributed by atoms with van der Waals surface area (Å²) in [4.78, 5) is 0. The lowest BCUT2D eigenvalue weighted by molar-refractivity contribution is -0.195. The molecule has 2 aliphatic rings. The first kappa shape index (κ1) is 10.3. The van der Waals surface area contributed by atoms with Crippen LogP contribution in [0.5, 0.6) is 0 Å². The molecular formula is C8H16ClNO2. The zero-order valence-corrected chi connectivity index (χ0v) is 7.94. The monoisotopic (exact) mass is 193 g/mol. The first-order chi connectivity index (χ1) is 5.45. The van der Waals surface area contributed by atoms with Crippen molar-refractivity contribution in [2.45, 2.75) is 31.7 Å². The molecule has 0 spiro atoms. The first-order valence-corrected chi connectivity index (χ1v) is 4.43. The molecule has 0 bridgehead atoms. The third-order valence-corrected chi connectivity index (χ3v) is 2.23. The third kappa shape index (κ3) is 2.59. The Morgan fingerprint density at radius 2 is 2.08 bits per heavy atom. The molecule has 72 valence electrons. The molecule has 2 rings (SSSR count). The highest BCUT2D eigenvalue weighted by Gasteiger charge is 2.23. The maximum absolute atomic E-state index is 5.64. The minimum Gasteiger partial charge on any atom is -0.353 e. The highest BCUT2D eigenvalue weighted by atomic mass is 35.5. The van der Waals surface area contributed by atoms with E-state index >= 15 is 0 Å². The number of halogens is 1. The number of hydrogen-bond acceptors (Lipinski definition) is 3. The Balaban J connectivity index is 0.000000720. The van der Waals surface area contributed by atoms with E-state index in [1.807, 2.05) is 0 Å². The predicted octanol–water partition coefficient (Wildman–Crippen LogP) is 0.923. The second-order valence-electron chi connectivity index (χ2n) is 3.21. The maximum atomic E-state index is 5.64. The van der Waals surface area contributed by atoms with E-state index in [4.69, 9.17) is 9.47 Å². The molecule has 12 heavy (non-hydrogen) atoms. The highest BCUT2D eigenvalue weighted by molar-refractivity contribution is 5.85. The molecule has 4 heteroatoms. The van der Waals surface area contributed by atoms with E-state index in [-0.39, 0.29) is 18.7 Å². The van der Waals surface area contributed by atoms with E-state index in [1.54, 1.807) is 0 Å². The van der Waals surface area contributed by atoms with Crippen LogP contribution in [0.15, 0.2) is 0 Å². The molecule has 0 saturated carbocycles. The van der Waals surface area contributed by atoms with Crippen LogP contribution < -0.4 is 5.32 Å². The van der Waals surface area contributed by atoms with Gasteiger partial charge in [0, 0.05) is 19.7 Å². The van der Waals surface area contributed by atoms with Gasteiger partial charge in [-0.15, -0.1) is 12.4 Å². The van der Waals surface area contributed by atoms with Crippen LogP contribution in [0.4, 0.5) is 0 Å². The summed E-state index contributed by atoms with van der Waals surface area (Å²) >= 11 is 0. The first-order valence-electron chi connectivity index (χ1n) is 4.43. The van der Waals surface area contributed by atoms with Crippen molar-refractivity contribution in [3.63, 3.8) is 0 Å². The van der Waals surface area contributed by atoms with Crippen molar-refractivity contribution < 1.29 is 9.47 Å². The smallest absolute Gasteiger partial charge is 0.158 e. The Kier molecular flexibility index (Phi) is 4.29. The molecule has 2 heterocycles. The van der Waals surface area contributed by atoms with Crippen molar-refractivity contribution in [2.24, 2.45) is 0 Å². The molecule has 0 aliphatic carbocycles. The van der Waals surface area contributed by atoms with Gasteiger partial charge in [0.25, 0.3) is 0 Å². The van der Waals surface area contributed by atoms with Crippen LogP contribution in [-0.2, 0) is 9.47 Å². The fraction of sp³-hybridized carbons (Fsp3) is 1.00. The Morgan fingerprint density at radius 3 is 2.58 bits per heavy atom. The van der Waals surface area contributed by atoms with Gasteiger partial charge in [-0.25, -0.2) is 0 Å². The lowest BCUT2D eigenvalue weighted by Gasteiger charge is -2.32. The van der Waals surface area contributed by atoms with Crippen molar-refractivity contribution in [2.75, 3.05) is 19.7 Å². The largest absolute Gasteiger partial charge is 0.353 e. The van der Waals surface area contributed by atoms with Gasteiger partial charge in [0.2, 0.25) is 0 Å². The summed E-state index contributed by atoms with van der Waals surface area (Å²) in [6.45, 7) is 2.88. The van der Waals surface area contributed by atoms with Crippen LogP contribution in [0.25, 0.3) is 0 Å². The van der Waals surface area contributed by atoms with Crippen LogP contribution in [0.1, 0.15) is 19.3 Å². The van der Waals surface area contributed by atoms with Crippen molar-refractivity contribution in [1.29, 1.82) is 0 Å². The standard InChI is InChI=1S/C8H15NO2.ClH/c1-2-4-10-8(3-1)11-7-5-9-6-7;/h7-9H,1-6H2;1H. The molecule has 0 aromatic carbocycles. The summed E-state index contributed by atoms with van der Waals surface area (Å²) in [7, 11) is 0. The van der Waals surface area contributed by atoms with Gasteiger partial charge in [0.05, 0.1) is 6.10 Å². The quantitative estimate of drug-likeness (QED) is 0.708. The van der Waals surface area contributed by atoms with Gasteiger partial charge >= 0.3 is 0 Å². The van der Waals surface area contributed by atoms with Crippen molar-refractivity contribution in [3.05, 3.63) is 0 Å². The molecule has 0 aromatic heterocycles. The maximum Gasteiger partial charge on any atom is 0.158 e. The van der Waals surface area contributed by atoms with Gasteiger partial charge in [0.1, 0.15) is 0 Å². The van der Waals surface area contributed by atoms with E-state index in [0.29, 0.717) is 6.10 Å². The van der Waals surface area contributed by atoms with Crippen molar-refractivity contribution in [1.82, 2.24) is 5.32 Å². The van der Waals surface area contributed by atoms with Crippen LogP contribution in [0, 0.1) is 0 Å². The van der Waals surface area contributed by atoms with Crippen LogP contribution in [0.2, 0.25) is 0 Å². The molecule has 1 atom stereocenters. The lowest BCUT2D eigenvalue weighted by Crippen LogP contribution is -2.50. The minimum atomic E-state index is 0. The minimum absolute atomic E-state index is 0. The zero-order valence-electron chi connectivity index (χ0n) is 7.12. The Bertz CT molecular complexity index is 124. The Morgan fingerprint density at radius 1 is 1.25 bits per heavy atom. The fourth-order valence-electron chi connectivity index (χ4n) is 1.39. The van der Waals surface area contributed by atoms with E-state index in [9.17, 15) is 0 Å². The predicted molar refractivity (Wildman–Crippen MR) is 48.6 cm³/mol. The summed E-state index contributed by atoms with van der Waals surface area (Å²) in [5, 5.41) is 3.17. The zero-order chi connectivity index (χ0) is 7.52. The van der Waals surface area contributed by atoms with Gasteiger partial charge in [0.15, 0.2) is 6.29 Å². The Hall–Kier alpha value is 0.170. The average Bonchev–Trinajstić information content (AvgIpc) is 1.99. The molecule has 0 radical (unpaired) electrons. The van der Waals surface area contributed by atoms with Gasteiger partial charge in [-0.3, -0.25) is 0 Å². The van der Waals surface area contributed by atoms with E-state index in [2.05, 4.69) is 5.32 Å². The molecule has 0 aromatic rings. The third-order valence-electron chi connectivity index (χ3n) is 2.23. The number of hydrogen-bond donors (Lipinski definition) is 1. The lowest BCUT2D eigenvalue weighted by atomic mass is 10.2. The van der Waals surface area contributed by atoms with Crippen molar-refractivity contribution in [3.8, 4) is 0 Å². The molecule has 0 amide bonds. The molecule has 1 unspecified atom stereocenters. The molecule has 1 N–H and O–H groups in total. The fourth-order valence-corrected chi connectivity index (χ4v) is 1.39. The van der Waals surface area contributed by atoms with Crippen LogP contribution in [0.3, 0.4) is 0 Å². The normalized spacial score (nSPS) is 30.5.